The van der Waals surface area contributed by atoms with E-state index in [4.69, 9.17) is 0 Å². The molecular weight excluding hydrogens is 232 g/mol. The van der Waals surface area contributed by atoms with Gasteiger partial charge in [-0.05, 0) is 39.0 Å². The third-order valence-corrected chi connectivity index (χ3v) is 4.09. The molecule has 0 spiro atoms. The van der Waals surface area contributed by atoms with E-state index in [1.54, 1.807) is 0 Å². The number of unbranched alkanes of at least 4 members (excludes halogenated alkanes) is 5. The van der Waals surface area contributed by atoms with E-state index in [9.17, 15) is 0 Å². The molecule has 1 N–H and O–H groups in total. The Balaban J connectivity index is 3.66. The monoisotopic (exact) mass is 270 g/mol. The Labute approximate surface area is 122 Å². The van der Waals surface area contributed by atoms with Crippen LogP contribution in [-0.4, -0.2) is 37.1 Å². The summed E-state index contributed by atoms with van der Waals surface area (Å²) < 4.78 is 0. The van der Waals surface area contributed by atoms with Gasteiger partial charge in [-0.3, -0.25) is 0 Å². The van der Waals surface area contributed by atoms with E-state index in [-0.39, 0.29) is 0 Å². The highest BCUT2D eigenvalue weighted by molar-refractivity contribution is 4.68. The molecular formula is C17H38N2. The van der Waals surface area contributed by atoms with E-state index in [1.165, 1.54) is 71.0 Å². The molecule has 2 heteroatoms. The van der Waals surface area contributed by atoms with Crippen LogP contribution in [0, 0.1) is 0 Å². The minimum absolute atomic E-state index is 0.733. The van der Waals surface area contributed by atoms with Gasteiger partial charge in [-0.25, -0.2) is 0 Å². The average Bonchev–Trinajstić information content (AvgIpc) is 2.43. The van der Waals surface area contributed by atoms with E-state index in [0.717, 1.165) is 12.6 Å². The quantitative estimate of drug-likeness (QED) is 0.469. The average molecular weight is 271 g/mol. The number of hydrogen-bond donors (Lipinski definition) is 1. The van der Waals surface area contributed by atoms with Crippen molar-refractivity contribution in [1.82, 2.24) is 10.2 Å². The normalized spacial score (nSPS) is 13.1. The maximum absolute atomic E-state index is 3.66. The van der Waals surface area contributed by atoms with Crippen molar-refractivity contribution in [3.05, 3.63) is 0 Å². The lowest BCUT2D eigenvalue weighted by atomic mass is 10.0. The van der Waals surface area contributed by atoms with Gasteiger partial charge in [0.25, 0.3) is 0 Å². The molecule has 0 radical (unpaired) electrons. The van der Waals surface area contributed by atoms with Crippen LogP contribution < -0.4 is 5.32 Å². The van der Waals surface area contributed by atoms with Gasteiger partial charge in [-0.1, -0.05) is 66.2 Å². The fraction of sp³-hybridized carbons (Fsp3) is 1.00. The summed E-state index contributed by atoms with van der Waals surface area (Å²) in [6.45, 7) is 13.8. The van der Waals surface area contributed by atoms with Crippen molar-refractivity contribution < 1.29 is 0 Å². The summed E-state index contributed by atoms with van der Waals surface area (Å²) in [5, 5.41) is 3.66. The molecule has 0 aromatic heterocycles. The van der Waals surface area contributed by atoms with E-state index in [2.05, 4.69) is 37.9 Å². The summed E-state index contributed by atoms with van der Waals surface area (Å²) in [6.07, 6.45) is 11.1. The fourth-order valence-electron chi connectivity index (χ4n) is 2.69. The van der Waals surface area contributed by atoms with Crippen LogP contribution in [0.5, 0.6) is 0 Å². The second-order valence-corrected chi connectivity index (χ2v) is 5.63. The summed E-state index contributed by atoms with van der Waals surface area (Å²) in [6, 6.07) is 0.733. The largest absolute Gasteiger partial charge is 0.314 e. The summed E-state index contributed by atoms with van der Waals surface area (Å²) >= 11 is 0. The van der Waals surface area contributed by atoms with E-state index < -0.39 is 0 Å². The summed E-state index contributed by atoms with van der Waals surface area (Å²) in [5.74, 6) is 0. The van der Waals surface area contributed by atoms with Crippen molar-refractivity contribution in [2.24, 2.45) is 0 Å². The van der Waals surface area contributed by atoms with Crippen LogP contribution in [0.15, 0.2) is 0 Å². The standard InChI is InChI=1S/C17H38N2/c1-5-9-10-11-12-13-14-17(18-6-2)15-16-19(7-3)8-4/h17-18H,5-16H2,1-4H3. The summed E-state index contributed by atoms with van der Waals surface area (Å²) in [5.41, 5.74) is 0. The second kappa shape index (κ2) is 14.3. The molecule has 0 fully saturated rings. The lowest BCUT2D eigenvalue weighted by Crippen LogP contribution is -2.34. The predicted molar refractivity (Wildman–Crippen MR) is 87.9 cm³/mol. The molecule has 0 bridgehead atoms. The zero-order chi connectivity index (χ0) is 14.3. The van der Waals surface area contributed by atoms with Crippen LogP contribution in [0.3, 0.4) is 0 Å². The molecule has 0 saturated heterocycles. The smallest absolute Gasteiger partial charge is 0.00791 e. The van der Waals surface area contributed by atoms with Gasteiger partial charge < -0.3 is 10.2 Å². The molecule has 0 aromatic rings. The molecule has 0 aliphatic heterocycles. The first-order chi connectivity index (χ1) is 9.28. The minimum Gasteiger partial charge on any atom is -0.314 e. The number of hydrogen-bond acceptors (Lipinski definition) is 2. The highest BCUT2D eigenvalue weighted by atomic mass is 15.1. The van der Waals surface area contributed by atoms with Gasteiger partial charge in [-0.2, -0.15) is 0 Å². The van der Waals surface area contributed by atoms with Crippen LogP contribution in [0.1, 0.15) is 79.1 Å². The molecule has 1 atom stereocenters. The zero-order valence-corrected chi connectivity index (χ0v) is 14.0. The third kappa shape index (κ3) is 11.4. The number of nitrogens with one attached hydrogen (secondary N) is 1. The highest BCUT2D eigenvalue weighted by Gasteiger charge is 2.08. The molecule has 0 aromatic carbocycles. The zero-order valence-electron chi connectivity index (χ0n) is 14.0. The Morgan fingerprint density at radius 3 is 2.00 bits per heavy atom. The maximum atomic E-state index is 3.66. The SMILES string of the molecule is CCCCCCCCC(CCN(CC)CC)NCC. The Morgan fingerprint density at radius 2 is 1.42 bits per heavy atom. The Bertz CT molecular complexity index is 167. The van der Waals surface area contributed by atoms with Crippen molar-refractivity contribution in [2.45, 2.75) is 85.1 Å². The van der Waals surface area contributed by atoms with Crippen molar-refractivity contribution in [3.8, 4) is 0 Å². The number of nitrogens with zero attached hydrogens (tertiary/aromatic N) is 1. The van der Waals surface area contributed by atoms with Crippen LogP contribution in [0.4, 0.5) is 0 Å². The van der Waals surface area contributed by atoms with Gasteiger partial charge >= 0.3 is 0 Å². The molecule has 1 unspecified atom stereocenters. The van der Waals surface area contributed by atoms with Crippen molar-refractivity contribution in [3.63, 3.8) is 0 Å². The van der Waals surface area contributed by atoms with Crippen molar-refractivity contribution >= 4 is 0 Å². The van der Waals surface area contributed by atoms with E-state index in [0.29, 0.717) is 0 Å². The van der Waals surface area contributed by atoms with Gasteiger partial charge in [0, 0.05) is 6.04 Å². The van der Waals surface area contributed by atoms with Gasteiger partial charge in [0.2, 0.25) is 0 Å². The molecule has 0 saturated carbocycles. The molecule has 116 valence electrons. The Kier molecular flexibility index (Phi) is 14.3. The van der Waals surface area contributed by atoms with Crippen LogP contribution >= 0.6 is 0 Å². The lowest BCUT2D eigenvalue weighted by molar-refractivity contribution is 0.276. The van der Waals surface area contributed by atoms with Gasteiger partial charge in [-0.15, -0.1) is 0 Å². The van der Waals surface area contributed by atoms with E-state index in [1.807, 2.05) is 0 Å². The molecule has 2 nitrogen and oxygen atoms in total. The fourth-order valence-corrected chi connectivity index (χ4v) is 2.69. The first-order valence-corrected chi connectivity index (χ1v) is 8.74. The Hall–Kier alpha value is -0.0800. The number of rotatable bonds is 14. The summed E-state index contributed by atoms with van der Waals surface area (Å²) in [7, 11) is 0. The molecule has 19 heavy (non-hydrogen) atoms. The molecule has 0 aliphatic rings. The van der Waals surface area contributed by atoms with Gasteiger partial charge in [0.05, 0.1) is 0 Å². The minimum atomic E-state index is 0.733. The van der Waals surface area contributed by atoms with Crippen molar-refractivity contribution in [1.29, 1.82) is 0 Å². The topological polar surface area (TPSA) is 15.3 Å². The molecule has 0 heterocycles. The molecule has 0 rings (SSSR count). The highest BCUT2D eigenvalue weighted by Crippen LogP contribution is 2.10. The maximum Gasteiger partial charge on any atom is 0.00791 e. The first kappa shape index (κ1) is 18.9. The summed E-state index contributed by atoms with van der Waals surface area (Å²) in [4.78, 5) is 2.53. The molecule has 0 aliphatic carbocycles. The Morgan fingerprint density at radius 1 is 0.789 bits per heavy atom. The first-order valence-electron chi connectivity index (χ1n) is 8.74. The lowest BCUT2D eigenvalue weighted by Gasteiger charge is -2.23. The van der Waals surface area contributed by atoms with Gasteiger partial charge in [0.15, 0.2) is 0 Å². The van der Waals surface area contributed by atoms with E-state index >= 15 is 0 Å². The molecule has 0 amide bonds. The third-order valence-electron chi connectivity index (χ3n) is 4.09. The van der Waals surface area contributed by atoms with Crippen LogP contribution in [-0.2, 0) is 0 Å². The second-order valence-electron chi connectivity index (χ2n) is 5.63. The van der Waals surface area contributed by atoms with Crippen molar-refractivity contribution in [2.75, 3.05) is 26.2 Å². The van der Waals surface area contributed by atoms with Gasteiger partial charge in [0.1, 0.15) is 0 Å². The predicted octanol–water partition coefficient (Wildman–Crippen LogP) is 4.45. The van der Waals surface area contributed by atoms with Crippen LogP contribution in [0.25, 0.3) is 0 Å². The van der Waals surface area contributed by atoms with Crippen LogP contribution in [0.2, 0.25) is 0 Å².